The molecule has 0 aliphatic carbocycles. The quantitative estimate of drug-likeness (QED) is 0.287. The normalized spacial score (nSPS) is 11.9. The Kier molecular flexibility index (Phi) is 3.75. The fourth-order valence-corrected chi connectivity index (χ4v) is 0.877. The van der Waals surface area contributed by atoms with Crippen LogP contribution in [0, 0.1) is 0 Å². The third-order valence-corrected chi connectivity index (χ3v) is 1.65. The number of hydrogen-bond donors (Lipinski definition) is 3. The van der Waals surface area contributed by atoms with Crippen molar-refractivity contribution in [2.45, 2.75) is 0 Å². The first kappa shape index (κ1) is 10.3. The van der Waals surface area contributed by atoms with Gasteiger partial charge in [-0.05, 0) is 17.7 Å². The van der Waals surface area contributed by atoms with Gasteiger partial charge in [-0.15, -0.1) is 5.10 Å². The summed E-state index contributed by atoms with van der Waals surface area (Å²) in [6.07, 6.45) is 1.58. The van der Waals surface area contributed by atoms with Gasteiger partial charge in [0.1, 0.15) is 0 Å². The number of halogens is 1. The number of hydrogen-bond acceptors (Lipinski definition) is 3. The summed E-state index contributed by atoms with van der Waals surface area (Å²) in [5.74, 6) is 4.93. The summed E-state index contributed by atoms with van der Waals surface area (Å²) in [6.45, 7) is 0. The van der Waals surface area contributed by atoms with E-state index in [0.29, 0.717) is 5.02 Å². The maximum Gasteiger partial charge on any atom is 0.231 e. The van der Waals surface area contributed by atoms with Crippen molar-refractivity contribution in [1.82, 2.24) is 5.43 Å². The molecule has 5 N–H and O–H groups in total. The lowest BCUT2D eigenvalue weighted by molar-refractivity contribution is 0.993. The average molecular weight is 212 g/mol. The predicted octanol–water partition coefficient (Wildman–Crippen LogP) is 0.452. The van der Waals surface area contributed by atoms with E-state index >= 15 is 0 Å². The van der Waals surface area contributed by atoms with E-state index in [2.05, 4.69) is 15.6 Å². The summed E-state index contributed by atoms with van der Waals surface area (Å²) >= 11 is 5.70. The zero-order valence-corrected chi connectivity index (χ0v) is 8.07. The van der Waals surface area contributed by atoms with Crippen LogP contribution in [0.4, 0.5) is 0 Å². The highest BCUT2D eigenvalue weighted by Crippen LogP contribution is 2.07. The van der Waals surface area contributed by atoms with Gasteiger partial charge in [0, 0.05) is 5.02 Å². The minimum atomic E-state index is 0.0511. The van der Waals surface area contributed by atoms with E-state index in [1.165, 1.54) is 0 Å². The van der Waals surface area contributed by atoms with E-state index in [0.717, 1.165) is 5.56 Å². The Morgan fingerprint density at radius 3 is 2.57 bits per heavy atom. The van der Waals surface area contributed by atoms with Gasteiger partial charge in [-0.3, -0.25) is 0 Å². The Morgan fingerprint density at radius 2 is 2.00 bits per heavy atom. The lowest BCUT2D eigenvalue weighted by atomic mass is 10.2. The SMILES string of the molecule is NN=C(N)NN=Cc1ccc(Cl)cc1. The van der Waals surface area contributed by atoms with Crippen LogP contribution in [0.5, 0.6) is 0 Å². The third-order valence-electron chi connectivity index (χ3n) is 1.40. The molecule has 0 fully saturated rings. The Labute approximate surface area is 86.4 Å². The van der Waals surface area contributed by atoms with Crippen LogP contribution >= 0.6 is 11.6 Å². The summed E-state index contributed by atoms with van der Waals surface area (Å²) in [6, 6.07) is 7.18. The lowest BCUT2D eigenvalue weighted by Gasteiger charge is -1.96. The van der Waals surface area contributed by atoms with Crippen LogP contribution in [0.25, 0.3) is 0 Å². The molecule has 1 rings (SSSR count). The summed E-state index contributed by atoms with van der Waals surface area (Å²) in [5.41, 5.74) is 8.57. The van der Waals surface area contributed by atoms with Crippen molar-refractivity contribution in [1.29, 1.82) is 0 Å². The molecule has 0 heterocycles. The van der Waals surface area contributed by atoms with Crippen molar-refractivity contribution in [3.8, 4) is 0 Å². The van der Waals surface area contributed by atoms with Crippen LogP contribution < -0.4 is 17.0 Å². The van der Waals surface area contributed by atoms with Crippen LogP contribution in [0.3, 0.4) is 0 Å². The molecule has 5 nitrogen and oxygen atoms in total. The van der Waals surface area contributed by atoms with Crippen LogP contribution in [0.1, 0.15) is 5.56 Å². The summed E-state index contributed by atoms with van der Waals surface area (Å²) < 4.78 is 0. The Bertz CT molecular complexity index is 343. The minimum Gasteiger partial charge on any atom is -0.367 e. The van der Waals surface area contributed by atoms with Gasteiger partial charge < -0.3 is 11.6 Å². The Balaban J connectivity index is 2.56. The zero-order valence-electron chi connectivity index (χ0n) is 7.31. The van der Waals surface area contributed by atoms with E-state index in [1.54, 1.807) is 18.3 Å². The van der Waals surface area contributed by atoms with Crippen molar-refractivity contribution in [2.75, 3.05) is 0 Å². The van der Waals surface area contributed by atoms with Gasteiger partial charge in [-0.25, -0.2) is 5.43 Å². The second-order valence-electron chi connectivity index (χ2n) is 2.44. The molecule has 0 aliphatic rings. The van der Waals surface area contributed by atoms with Crippen molar-refractivity contribution in [3.63, 3.8) is 0 Å². The molecule has 6 heteroatoms. The van der Waals surface area contributed by atoms with E-state index in [-0.39, 0.29) is 5.96 Å². The first-order chi connectivity index (χ1) is 6.72. The Morgan fingerprint density at radius 1 is 1.36 bits per heavy atom. The molecule has 0 bridgehead atoms. The van der Waals surface area contributed by atoms with Gasteiger partial charge >= 0.3 is 0 Å². The molecule has 1 aromatic rings. The predicted molar refractivity (Wildman–Crippen MR) is 58.0 cm³/mol. The maximum absolute atomic E-state index is 5.70. The summed E-state index contributed by atoms with van der Waals surface area (Å²) in [5, 5.41) is 7.65. The van der Waals surface area contributed by atoms with Gasteiger partial charge in [-0.1, -0.05) is 23.7 Å². The van der Waals surface area contributed by atoms with Crippen LogP contribution in [-0.2, 0) is 0 Å². The third kappa shape index (κ3) is 3.32. The van der Waals surface area contributed by atoms with Gasteiger partial charge in [0.15, 0.2) is 0 Å². The highest BCUT2D eigenvalue weighted by Gasteiger charge is 1.88. The molecule has 0 aromatic heterocycles. The van der Waals surface area contributed by atoms with Crippen LogP contribution in [-0.4, -0.2) is 12.2 Å². The van der Waals surface area contributed by atoms with E-state index in [9.17, 15) is 0 Å². The van der Waals surface area contributed by atoms with Crippen LogP contribution in [0.15, 0.2) is 34.5 Å². The van der Waals surface area contributed by atoms with E-state index < -0.39 is 0 Å². The van der Waals surface area contributed by atoms with Crippen molar-refractivity contribution in [3.05, 3.63) is 34.9 Å². The fourth-order valence-electron chi connectivity index (χ4n) is 0.751. The summed E-state index contributed by atoms with van der Waals surface area (Å²) in [7, 11) is 0. The van der Waals surface area contributed by atoms with Crippen molar-refractivity contribution >= 4 is 23.8 Å². The smallest absolute Gasteiger partial charge is 0.231 e. The topological polar surface area (TPSA) is 88.8 Å². The Hall–Kier alpha value is -1.75. The molecule has 1 aromatic carbocycles. The number of rotatable bonds is 2. The van der Waals surface area contributed by atoms with E-state index in [4.69, 9.17) is 23.2 Å². The lowest BCUT2D eigenvalue weighted by Crippen LogP contribution is -2.28. The van der Waals surface area contributed by atoms with Crippen molar-refractivity contribution in [2.24, 2.45) is 21.8 Å². The molecule has 0 aliphatic heterocycles. The molecule has 14 heavy (non-hydrogen) atoms. The maximum atomic E-state index is 5.70. The molecule has 0 atom stereocenters. The molecule has 0 radical (unpaired) electrons. The zero-order chi connectivity index (χ0) is 10.4. The van der Waals surface area contributed by atoms with Gasteiger partial charge in [0.2, 0.25) is 5.96 Å². The standard InChI is InChI=1S/C8H10ClN5/c9-7-3-1-6(2-4-7)5-12-14-8(10)13-11/h1-5H,11H2,(H3,10,13,14). The van der Waals surface area contributed by atoms with Gasteiger partial charge in [0.05, 0.1) is 6.21 Å². The molecule has 74 valence electrons. The largest absolute Gasteiger partial charge is 0.367 e. The van der Waals surface area contributed by atoms with Crippen LogP contribution in [0.2, 0.25) is 5.02 Å². The van der Waals surface area contributed by atoms with E-state index in [1.807, 2.05) is 12.1 Å². The molecule has 0 unspecified atom stereocenters. The minimum absolute atomic E-state index is 0.0511. The number of nitrogens with two attached hydrogens (primary N) is 2. The first-order valence-corrected chi connectivity index (χ1v) is 4.18. The molecule has 0 spiro atoms. The summed E-state index contributed by atoms with van der Waals surface area (Å²) in [4.78, 5) is 0. The second kappa shape index (κ2) is 5.08. The number of nitrogens with one attached hydrogen (secondary N) is 1. The highest BCUT2D eigenvalue weighted by atomic mass is 35.5. The number of nitrogens with zero attached hydrogens (tertiary/aromatic N) is 2. The molecular formula is C8H10ClN5. The van der Waals surface area contributed by atoms with Crippen molar-refractivity contribution < 1.29 is 0 Å². The molecule has 0 amide bonds. The number of guanidine groups is 1. The first-order valence-electron chi connectivity index (χ1n) is 3.80. The second-order valence-corrected chi connectivity index (χ2v) is 2.87. The molecular weight excluding hydrogens is 202 g/mol. The fraction of sp³-hybridized carbons (Fsp3) is 0. The highest BCUT2D eigenvalue weighted by molar-refractivity contribution is 6.30. The van der Waals surface area contributed by atoms with Gasteiger partial charge in [-0.2, -0.15) is 5.10 Å². The molecule has 0 saturated heterocycles. The monoisotopic (exact) mass is 211 g/mol. The number of benzene rings is 1. The van der Waals surface area contributed by atoms with Gasteiger partial charge in [0.25, 0.3) is 0 Å². The number of hydrazone groups is 2. The molecule has 0 saturated carbocycles. The average Bonchev–Trinajstić information content (AvgIpc) is 2.21.